The van der Waals surface area contributed by atoms with Crippen molar-refractivity contribution in [1.29, 1.82) is 0 Å². The van der Waals surface area contributed by atoms with Gasteiger partial charge in [-0.1, -0.05) is 190 Å². The molecule has 0 radical (unpaired) electrons. The first kappa shape index (κ1) is 41.7. The Morgan fingerprint density at radius 1 is 0.530 bits per heavy atom. The van der Waals surface area contributed by atoms with Crippen LogP contribution < -0.4 is 4.90 Å². The van der Waals surface area contributed by atoms with E-state index in [9.17, 15) is 0 Å². The molecule has 0 heterocycles. The van der Waals surface area contributed by atoms with Crippen LogP contribution in [0.5, 0.6) is 0 Å². The molecule has 0 aromatic heterocycles. The van der Waals surface area contributed by atoms with Crippen molar-refractivity contribution < 1.29 is 0 Å². The van der Waals surface area contributed by atoms with Crippen molar-refractivity contribution in [1.82, 2.24) is 0 Å². The summed E-state index contributed by atoms with van der Waals surface area (Å²) >= 11 is 0. The third kappa shape index (κ3) is 8.17. The molecule has 324 valence electrons. The Hall–Kier alpha value is -6.96. The van der Waals surface area contributed by atoms with Crippen LogP contribution in [0, 0.1) is 0 Å². The Labute approximate surface area is 393 Å². The molecule has 1 unspecified atom stereocenters. The molecule has 0 bridgehead atoms. The van der Waals surface area contributed by atoms with Crippen LogP contribution in [0.3, 0.4) is 0 Å². The number of allylic oxidation sites excluding steroid dienone is 12. The van der Waals surface area contributed by atoms with Gasteiger partial charge >= 0.3 is 0 Å². The van der Waals surface area contributed by atoms with Gasteiger partial charge < -0.3 is 4.90 Å². The Morgan fingerprint density at radius 3 is 1.94 bits per heavy atom. The topological polar surface area (TPSA) is 3.24 Å². The van der Waals surface area contributed by atoms with Gasteiger partial charge in [-0.25, -0.2) is 0 Å². The van der Waals surface area contributed by atoms with Crippen LogP contribution in [-0.4, -0.2) is 6.04 Å². The zero-order valence-electron chi connectivity index (χ0n) is 38.5. The first-order valence-electron chi connectivity index (χ1n) is 24.4. The van der Waals surface area contributed by atoms with E-state index < -0.39 is 0 Å². The van der Waals surface area contributed by atoms with Crippen molar-refractivity contribution in [3.8, 4) is 33.4 Å². The number of rotatable bonds is 10. The molecule has 6 aromatic carbocycles. The number of benzene rings is 6. The van der Waals surface area contributed by atoms with Crippen molar-refractivity contribution in [2.24, 2.45) is 0 Å². The molecule has 1 nitrogen and oxygen atoms in total. The van der Waals surface area contributed by atoms with Crippen LogP contribution in [-0.2, 0) is 11.8 Å². The van der Waals surface area contributed by atoms with Gasteiger partial charge in [0.2, 0.25) is 0 Å². The highest BCUT2D eigenvalue weighted by atomic mass is 15.2. The Morgan fingerprint density at radius 2 is 1.23 bits per heavy atom. The normalized spacial score (nSPS) is 18.2. The molecule has 0 N–H and O–H groups in total. The number of anilines is 2. The van der Waals surface area contributed by atoms with Crippen molar-refractivity contribution in [2.75, 3.05) is 4.90 Å². The van der Waals surface area contributed by atoms with Crippen molar-refractivity contribution in [2.45, 2.75) is 83.1 Å². The highest BCUT2D eigenvalue weighted by Crippen LogP contribution is 2.51. The van der Waals surface area contributed by atoms with E-state index in [1.165, 1.54) is 120 Å². The number of hydrogen-bond acceptors (Lipinski definition) is 1. The Kier molecular flexibility index (Phi) is 11.5. The van der Waals surface area contributed by atoms with Gasteiger partial charge in [0.25, 0.3) is 0 Å². The maximum absolute atomic E-state index is 2.55. The second kappa shape index (κ2) is 18.1. The summed E-state index contributed by atoms with van der Waals surface area (Å²) in [5.41, 5.74) is 24.2. The highest BCUT2D eigenvalue weighted by molar-refractivity contribution is 5.94. The summed E-state index contributed by atoms with van der Waals surface area (Å²) in [7, 11) is 0. The quantitative estimate of drug-likeness (QED) is 0.124. The summed E-state index contributed by atoms with van der Waals surface area (Å²) in [5.74, 6) is 0. The summed E-state index contributed by atoms with van der Waals surface area (Å²) in [6.45, 7) is 4.80. The van der Waals surface area contributed by atoms with Crippen LogP contribution in [0.25, 0.3) is 57.2 Å². The lowest BCUT2D eigenvalue weighted by atomic mass is 9.79. The molecule has 6 aromatic rings. The molecular formula is C65H59N. The zero-order valence-corrected chi connectivity index (χ0v) is 38.5. The van der Waals surface area contributed by atoms with Crippen LogP contribution in [0.4, 0.5) is 11.4 Å². The van der Waals surface area contributed by atoms with Gasteiger partial charge in [0, 0.05) is 16.8 Å². The monoisotopic (exact) mass is 853 g/mol. The van der Waals surface area contributed by atoms with Gasteiger partial charge in [0.1, 0.15) is 0 Å². The molecule has 5 aliphatic rings. The Balaban J connectivity index is 0.802. The van der Waals surface area contributed by atoms with Crippen LogP contribution in [0.15, 0.2) is 199 Å². The van der Waals surface area contributed by atoms with Crippen molar-refractivity contribution in [3.63, 3.8) is 0 Å². The molecule has 1 atom stereocenters. The van der Waals surface area contributed by atoms with E-state index in [1.807, 2.05) is 0 Å². The lowest BCUT2D eigenvalue weighted by molar-refractivity contribution is 0.629. The third-order valence-electron chi connectivity index (χ3n) is 14.7. The molecular weight excluding hydrogens is 795 g/mol. The summed E-state index contributed by atoms with van der Waals surface area (Å²) in [6, 6.07) is 48.3. The molecule has 0 saturated carbocycles. The molecule has 0 aliphatic heterocycles. The molecule has 0 spiro atoms. The van der Waals surface area contributed by atoms with Crippen LogP contribution >= 0.6 is 0 Å². The summed E-state index contributed by atoms with van der Waals surface area (Å²) < 4.78 is 0. The predicted molar refractivity (Wildman–Crippen MR) is 284 cm³/mol. The minimum absolute atomic E-state index is 0.0955. The molecule has 11 rings (SSSR count). The molecule has 0 fully saturated rings. The first-order valence-corrected chi connectivity index (χ1v) is 24.4. The molecule has 1 heteroatoms. The van der Waals surface area contributed by atoms with E-state index in [1.54, 1.807) is 0 Å². The van der Waals surface area contributed by atoms with Gasteiger partial charge in [-0.2, -0.15) is 0 Å². The van der Waals surface area contributed by atoms with Gasteiger partial charge in [0.15, 0.2) is 0 Å². The van der Waals surface area contributed by atoms with E-state index in [-0.39, 0.29) is 5.41 Å². The second-order valence-electron chi connectivity index (χ2n) is 19.3. The molecule has 0 amide bonds. The first-order chi connectivity index (χ1) is 32.5. The predicted octanol–water partition coefficient (Wildman–Crippen LogP) is 17.6. The molecule has 0 saturated heterocycles. The fourth-order valence-corrected chi connectivity index (χ4v) is 11.1. The van der Waals surface area contributed by atoms with Crippen LogP contribution in [0.1, 0.15) is 104 Å². The average Bonchev–Trinajstić information content (AvgIpc) is 3.60. The molecule has 66 heavy (non-hydrogen) atoms. The maximum Gasteiger partial charge on any atom is 0.0522 e. The number of nitrogens with zero attached hydrogens (tertiary/aromatic N) is 1. The second-order valence-corrected chi connectivity index (χ2v) is 19.3. The largest absolute Gasteiger partial charge is 0.335 e. The summed E-state index contributed by atoms with van der Waals surface area (Å²) in [5, 5.41) is 0. The average molecular weight is 854 g/mol. The smallest absolute Gasteiger partial charge is 0.0522 e. The van der Waals surface area contributed by atoms with Gasteiger partial charge in [-0.3, -0.25) is 0 Å². The lowest BCUT2D eigenvalue weighted by Gasteiger charge is -2.34. The molecule has 5 aliphatic carbocycles. The fraction of sp³-hybridized carbons (Fsp3) is 0.200. The third-order valence-corrected chi connectivity index (χ3v) is 14.7. The van der Waals surface area contributed by atoms with E-state index in [0.29, 0.717) is 6.04 Å². The number of para-hydroxylation sites is 1. The minimum atomic E-state index is -0.0955. The highest BCUT2D eigenvalue weighted by Gasteiger charge is 2.36. The fourth-order valence-electron chi connectivity index (χ4n) is 11.1. The van der Waals surface area contributed by atoms with Gasteiger partial charge in [-0.15, -0.1) is 0 Å². The number of hydrogen-bond donors (Lipinski definition) is 0. The minimum Gasteiger partial charge on any atom is -0.335 e. The standard InChI is InChI=1S/C65H59N/c1-65(2)62-43-49(37-41-57(62)58-42-40-55(44-63(58)65)66(53-21-11-5-12-22-53)54-23-13-6-14-24-54)34-33-47-29-27-46(28-30-47)31-32-48-35-38-51(39-36-48)61-45-60(50-17-7-3-8-18-50)56-25-15-16-26-59(56)64(61)52-19-9-4-10-20-52/h3-5,7,9-13,15,17,19-23,25,27,29,31-45,54H,6,8,14,16,18,24,26,28,30H2,1-2H3/b32-31+,34-33+. The summed E-state index contributed by atoms with van der Waals surface area (Å²) in [6.07, 6.45) is 40.2. The van der Waals surface area contributed by atoms with Crippen molar-refractivity contribution >= 4 is 35.2 Å². The van der Waals surface area contributed by atoms with Crippen LogP contribution in [0.2, 0.25) is 0 Å². The van der Waals surface area contributed by atoms with Crippen molar-refractivity contribution in [3.05, 3.63) is 238 Å². The SMILES string of the molecule is CC1(C)c2cc(/C=C/C3=CC=C(/C=C/c4ccc(-c5cc(C6=CC=CCC6)c6c(c5-c5ccccc5)CCC=C6)cc4)CC3)ccc2-c2ccc(N(c3ccccc3)C3C=CCCC3)cc21. The van der Waals surface area contributed by atoms with E-state index in [2.05, 4.69) is 225 Å². The van der Waals surface area contributed by atoms with Gasteiger partial charge in [-0.05, 0) is 177 Å². The van der Waals surface area contributed by atoms with E-state index >= 15 is 0 Å². The number of fused-ring (bicyclic) bond motifs is 4. The summed E-state index contributed by atoms with van der Waals surface area (Å²) in [4.78, 5) is 2.55. The lowest BCUT2D eigenvalue weighted by Crippen LogP contribution is -2.31. The van der Waals surface area contributed by atoms with Gasteiger partial charge in [0.05, 0.1) is 6.04 Å². The van der Waals surface area contributed by atoms with E-state index in [4.69, 9.17) is 0 Å². The van der Waals surface area contributed by atoms with E-state index in [0.717, 1.165) is 38.5 Å². The Bertz CT molecular complexity index is 3050. The zero-order chi connectivity index (χ0) is 44.5. The maximum atomic E-state index is 2.55.